The maximum absolute atomic E-state index is 8.66. The van der Waals surface area contributed by atoms with Crippen LogP contribution < -0.4 is 0 Å². The van der Waals surface area contributed by atoms with E-state index < -0.39 is 0 Å². The summed E-state index contributed by atoms with van der Waals surface area (Å²) in [4.78, 5) is 3.97. The van der Waals surface area contributed by atoms with E-state index in [1.54, 1.807) is 6.07 Å². The van der Waals surface area contributed by atoms with Crippen LogP contribution in [-0.2, 0) is 0 Å². The van der Waals surface area contributed by atoms with Crippen LogP contribution in [0.25, 0.3) is 10.9 Å². The van der Waals surface area contributed by atoms with E-state index in [2.05, 4.69) is 15.2 Å². The van der Waals surface area contributed by atoms with Crippen LogP contribution in [0.4, 0.5) is 0 Å². The molecule has 2 aromatic heterocycles. The Bertz CT molecular complexity index is 547. The van der Waals surface area contributed by atoms with Crippen molar-refractivity contribution in [3.63, 3.8) is 0 Å². The lowest BCUT2D eigenvalue weighted by atomic mass is 10.2. The Morgan fingerprint density at radius 2 is 1.93 bits per heavy atom. The van der Waals surface area contributed by atoms with Gasteiger partial charge in [-0.25, -0.2) is 0 Å². The molecule has 6 heteroatoms. The summed E-state index contributed by atoms with van der Waals surface area (Å²) in [6.45, 7) is 0. The SMILES string of the molecule is N#Cc1cnc2c(Cl)nnc(Cl)c2c1. The van der Waals surface area contributed by atoms with Crippen LogP contribution in [-0.4, -0.2) is 15.2 Å². The first-order chi connectivity index (χ1) is 6.72. The van der Waals surface area contributed by atoms with Crippen LogP contribution in [0.15, 0.2) is 12.3 Å². The Kier molecular flexibility index (Phi) is 2.20. The quantitative estimate of drug-likeness (QED) is 0.689. The van der Waals surface area contributed by atoms with Gasteiger partial charge in [0.25, 0.3) is 0 Å². The largest absolute Gasteiger partial charge is 0.251 e. The van der Waals surface area contributed by atoms with E-state index in [0.29, 0.717) is 16.5 Å². The number of aromatic nitrogens is 3. The number of rotatable bonds is 0. The predicted molar refractivity (Wildman–Crippen MR) is 52.1 cm³/mol. The Labute approximate surface area is 89.1 Å². The fourth-order valence-electron chi connectivity index (χ4n) is 1.04. The van der Waals surface area contributed by atoms with Gasteiger partial charge in [-0.3, -0.25) is 4.98 Å². The van der Waals surface area contributed by atoms with E-state index in [9.17, 15) is 0 Å². The van der Waals surface area contributed by atoms with Gasteiger partial charge in [0.1, 0.15) is 11.6 Å². The molecule has 0 aliphatic heterocycles. The first-order valence-electron chi connectivity index (χ1n) is 3.60. The van der Waals surface area contributed by atoms with Crippen LogP contribution in [0, 0.1) is 11.3 Å². The normalized spacial score (nSPS) is 10.1. The molecule has 0 aromatic carbocycles. The van der Waals surface area contributed by atoms with Crippen molar-refractivity contribution in [2.45, 2.75) is 0 Å². The van der Waals surface area contributed by atoms with Gasteiger partial charge in [0, 0.05) is 11.6 Å². The van der Waals surface area contributed by atoms with Gasteiger partial charge in [-0.2, -0.15) is 5.26 Å². The summed E-state index contributed by atoms with van der Waals surface area (Å²) in [5.41, 5.74) is 0.856. The number of hydrogen-bond acceptors (Lipinski definition) is 4. The third-order valence-electron chi connectivity index (χ3n) is 1.66. The molecular formula is C8H2Cl2N4. The topological polar surface area (TPSA) is 62.5 Å². The summed E-state index contributed by atoms with van der Waals surface area (Å²) in [6.07, 6.45) is 1.41. The van der Waals surface area contributed by atoms with Crippen molar-refractivity contribution in [3.05, 3.63) is 28.1 Å². The molecule has 0 spiro atoms. The molecule has 2 heterocycles. The third kappa shape index (κ3) is 1.37. The van der Waals surface area contributed by atoms with Gasteiger partial charge >= 0.3 is 0 Å². The molecule has 0 radical (unpaired) electrons. The molecule has 0 atom stereocenters. The summed E-state index contributed by atoms with van der Waals surface area (Å²) >= 11 is 11.5. The molecule has 0 saturated heterocycles. The van der Waals surface area contributed by atoms with Gasteiger partial charge in [-0.15, -0.1) is 10.2 Å². The highest BCUT2D eigenvalue weighted by Crippen LogP contribution is 2.24. The Balaban J connectivity index is 2.89. The molecule has 0 N–H and O–H groups in total. The second kappa shape index (κ2) is 3.37. The average Bonchev–Trinajstić information content (AvgIpc) is 2.23. The molecule has 0 aliphatic carbocycles. The standard InChI is InChI=1S/C8H2Cl2N4/c9-7-5-1-4(2-11)3-12-6(5)8(10)14-13-7/h1,3H. The predicted octanol–water partition coefficient (Wildman–Crippen LogP) is 2.20. The van der Waals surface area contributed by atoms with Crippen molar-refractivity contribution >= 4 is 34.1 Å². The van der Waals surface area contributed by atoms with Crippen molar-refractivity contribution < 1.29 is 0 Å². The number of nitriles is 1. The van der Waals surface area contributed by atoms with Crippen molar-refractivity contribution in [1.82, 2.24) is 15.2 Å². The monoisotopic (exact) mass is 224 g/mol. The zero-order valence-corrected chi connectivity index (χ0v) is 8.21. The van der Waals surface area contributed by atoms with E-state index in [0.717, 1.165) is 0 Å². The molecule has 0 aliphatic rings. The molecule has 4 nitrogen and oxygen atoms in total. The molecule has 2 aromatic rings. The van der Waals surface area contributed by atoms with Crippen LogP contribution in [0.5, 0.6) is 0 Å². The molecule has 68 valence electrons. The smallest absolute Gasteiger partial charge is 0.178 e. The molecule has 0 unspecified atom stereocenters. The van der Waals surface area contributed by atoms with E-state index in [1.807, 2.05) is 6.07 Å². The fraction of sp³-hybridized carbons (Fsp3) is 0. The third-order valence-corrected chi connectivity index (χ3v) is 2.19. The van der Waals surface area contributed by atoms with E-state index in [4.69, 9.17) is 28.5 Å². The Morgan fingerprint density at radius 1 is 1.21 bits per heavy atom. The number of fused-ring (bicyclic) bond motifs is 1. The van der Waals surface area contributed by atoms with Gasteiger partial charge < -0.3 is 0 Å². The number of nitrogens with zero attached hydrogens (tertiary/aromatic N) is 4. The lowest BCUT2D eigenvalue weighted by Crippen LogP contribution is -1.90. The lowest BCUT2D eigenvalue weighted by molar-refractivity contribution is 1.04. The summed E-state index contributed by atoms with van der Waals surface area (Å²) in [7, 11) is 0. The fourth-order valence-corrected chi connectivity index (χ4v) is 1.41. The van der Waals surface area contributed by atoms with E-state index in [-0.39, 0.29) is 10.3 Å². The molecule has 0 bridgehead atoms. The van der Waals surface area contributed by atoms with Crippen LogP contribution in [0.1, 0.15) is 5.56 Å². The highest BCUT2D eigenvalue weighted by molar-refractivity contribution is 6.37. The minimum absolute atomic E-state index is 0.175. The highest BCUT2D eigenvalue weighted by atomic mass is 35.5. The zero-order valence-electron chi connectivity index (χ0n) is 6.70. The molecule has 0 amide bonds. The van der Waals surface area contributed by atoms with Crippen LogP contribution in [0.3, 0.4) is 0 Å². The van der Waals surface area contributed by atoms with Crippen molar-refractivity contribution in [2.24, 2.45) is 0 Å². The van der Waals surface area contributed by atoms with Crippen LogP contribution >= 0.6 is 23.2 Å². The second-order valence-electron chi connectivity index (χ2n) is 2.51. The zero-order chi connectivity index (χ0) is 10.1. The average molecular weight is 225 g/mol. The minimum atomic E-state index is 0.175. The summed E-state index contributed by atoms with van der Waals surface area (Å²) in [5, 5.41) is 16.8. The van der Waals surface area contributed by atoms with E-state index >= 15 is 0 Å². The highest BCUT2D eigenvalue weighted by Gasteiger charge is 2.07. The molecule has 2 rings (SSSR count). The summed E-state index contributed by atoms with van der Waals surface area (Å²) in [6, 6.07) is 3.53. The molecule has 0 saturated carbocycles. The van der Waals surface area contributed by atoms with Crippen molar-refractivity contribution in [3.8, 4) is 6.07 Å². The van der Waals surface area contributed by atoms with Gasteiger partial charge in [-0.05, 0) is 6.07 Å². The summed E-state index contributed by atoms with van der Waals surface area (Å²) in [5.74, 6) is 0. The second-order valence-corrected chi connectivity index (χ2v) is 3.23. The maximum Gasteiger partial charge on any atom is 0.178 e. The first-order valence-corrected chi connectivity index (χ1v) is 4.35. The number of hydrogen-bond donors (Lipinski definition) is 0. The number of pyridine rings is 1. The van der Waals surface area contributed by atoms with Gasteiger partial charge in [0.2, 0.25) is 0 Å². The van der Waals surface area contributed by atoms with Crippen molar-refractivity contribution in [1.29, 1.82) is 5.26 Å². The number of halogens is 2. The van der Waals surface area contributed by atoms with Gasteiger partial charge in [-0.1, -0.05) is 23.2 Å². The minimum Gasteiger partial charge on any atom is -0.251 e. The van der Waals surface area contributed by atoms with Crippen molar-refractivity contribution in [2.75, 3.05) is 0 Å². The van der Waals surface area contributed by atoms with Gasteiger partial charge in [0.15, 0.2) is 10.3 Å². The lowest BCUT2D eigenvalue weighted by Gasteiger charge is -1.99. The summed E-state index contributed by atoms with van der Waals surface area (Å²) < 4.78 is 0. The molecular weight excluding hydrogens is 223 g/mol. The Morgan fingerprint density at radius 3 is 2.64 bits per heavy atom. The Hall–Kier alpha value is -1.44. The molecule has 14 heavy (non-hydrogen) atoms. The first kappa shape index (κ1) is 9.13. The van der Waals surface area contributed by atoms with E-state index in [1.165, 1.54) is 6.20 Å². The molecule has 0 fully saturated rings. The maximum atomic E-state index is 8.66. The van der Waals surface area contributed by atoms with Crippen LogP contribution in [0.2, 0.25) is 10.3 Å². The van der Waals surface area contributed by atoms with Gasteiger partial charge in [0.05, 0.1) is 5.56 Å².